The van der Waals surface area contributed by atoms with Crippen LogP contribution in [0.3, 0.4) is 0 Å². The Balaban J connectivity index is 2.37. The minimum absolute atomic E-state index is 0.0704. The highest BCUT2D eigenvalue weighted by Crippen LogP contribution is 2.44. The van der Waals surface area contributed by atoms with Crippen LogP contribution in [0.25, 0.3) is 0 Å². The van der Waals surface area contributed by atoms with Crippen molar-refractivity contribution < 1.29 is 32.5 Å². The molecule has 9 heteroatoms. The molecule has 1 fully saturated rings. The van der Waals surface area contributed by atoms with Crippen molar-refractivity contribution in [1.82, 2.24) is 4.90 Å². The average molecular weight is 404 g/mol. The van der Waals surface area contributed by atoms with Crippen molar-refractivity contribution in [3.8, 4) is 5.75 Å². The summed E-state index contributed by atoms with van der Waals surface area (Å²) in [7, 11) is 1.56. The Bertz CT molecular complexity index is 656. The number of para-hydroxylation sites is 1. The molecule has 1 saturated heterocycles. The van der Waals surface area contributed by atoms with Gasteiger partial charge in [0, 0.05) is 38.3 Å². The van der Waals surface area contributed by atoms with Gasteiger partial charge in [0.1, 0.15) is 5.75 Å². The van der Waals surface area contributed by atoms with Gasteiger partial charge in [-0.2, -0.15) is 0 Å². The Hall–Kier alpha value is -2.00. The molecule has 158 valence electrons. The third kappa shape index (κ3) is 5.75. The number of benzene rings is 1. The quantitative estimate of drug-likeness (QED) is 0.651. The number of carbonyl (C=O) groups excluding carboxylic acids is 1. The minimum Gasteiger partial charge on any atom is -0.405 e. The van der Waals surface area contributed by atoms with Gasteiger partial charge < -0.3 is 25.2 Å². The highest BCUT2D eigenvalue weighted by atomic mass is 19.4. The molecule has 3 N–H and O–H groups in total. The summed E-state index contributed by atoms with van der Waals surface area (Å²) >= 11 is 0. The molecule has 6 nitrogen and oxygen atoms in total. The third-order valence-corrected chi connectivity index (χ3v) is 5.14. The van der Waals surface area contributed by atoms with E-state index in [1.807, 2.05) is 0 Å². The summed E-state index contributed by atoms with van der Waals surface area (Å²) in [6.45, 7) is 1.12. The summed E-state index contributed by atoms with van der Waals surface area (Å²) in [4.78, 5) is 13.0. The van der Waals surface area contributed by atoms with E-state index >= 15 is 0 Å². The van der Waals surface area contributed by atoms with Crippen molar-refractivity contribution in [3.05, 3.63) is 29.8 Å². The molecule has 2 atom stereocenters. The fourth-order valence-electron chi connectivity index (χ4n) is 3.80. The molecule has 0 unspecified atom stereocenters. The Morgan fingerprint density at radius 3 is 2.68 bits per heavy atom. The molecular formula is C19H27F3N2O4. The van der Waals surface area contributed by atoms with Gasteiger partial charge in [-0.05, 0) is 38.2 Å². The van der Waals surface area contributed by atoms with Crippen LogP contribution in [-0.4, -0.2) is 49.2 Å². The monoisotopic (exact) mass is 404 g/mol. The third-order valence-electron chi connectivity index (χ3n) is 5.14. The Kier molecular flexibility index (Phi) is 7.54. The maximum atomic E-state index is 12.9. The second-order valence-corrected chi connectivity index (χ2v) is 7.04. The molecule has 28 heavy (non-hydrogen) atoms. The van der Waals surface area contributed by atoms with E-state index < -0.39 is 29.7 Å². The van der Waals surface area contributed by atoms with Gasteiger partial charge in [-0.15, -0.1) is 13.2 Å². The van der Waals surface area contributed by atoms with Gasteiger partial charge in [0.15, 0.2) is 0 Å². The van der Waals surface area contributed by atoms with Gasteiger partial charge in [-0.25, -0.2) is 4.79 Å². The Morgan fingerprint density at radius 1 is 1.32 bits per heavy atom. The number of halogens is 3. The van der Waals surface area contributed by atoms with Crippen molar-refractivity contribution >= 4 is 6.03 Å². The molecule has 0 saturated carbocycles. The molecular weight excluding hydrogens is 377 g/mol. The normalized spacial score (nSPS) is 19.9. The largest absolute Gasteiger partial charge is 0.573 e. The number of aliphatic hydroxyl groups is 1. The van der Waals surface area contributed by atoms with Crippen LogP contribution in [0.5, 0.6) is 5.75 Å². The molecule has 0 spiro atoms. The van der Waals surface area contributed by atoms with Crippen LogP contribution < -0.4 is 10.5 Å². The van der Waals surface area contributed by atoms with Gasteiger partial charge in [0.25, 0.3) is 0 Å². The molecule has 0 aliphatic carbocycles. The van der Waals surface area contributed by atoms with Crippen LogP contribution in [0.2, 0.25) is 0 Å². The van der Waals surface area contributed by atoms with Gasteiger partial charge in [-0.1, -0.05) is 18.2 Å². The topological polar surface area (TPSA) is 85.0 Å². The van der Waals surface area contributed by atoms with E-state index in [1.54, 1.807) is 13.2 Å². The van der Waals surface area contributed by atoms with Crippen LogP contribution in [-0.2, 0) is 10.3 Å². The smallest absolute Gasteiger partial charge is 0.405 e. The van der Waals surface area contributed by atoms with E-state index in [0.717, 1.165) is 0 Å². The Labute approximate surface area is 162 Å². The number of alkyl halides is 3. The molecule has 1 aliphatic heterocycles. The summed E-state index contributed by atoms with van der Waals surface area (Å²) in [5.74, 6) is -0.894. The highest BCUT2D eigenvalue weighted by Gasteiger charge is 2.44. The lowest BCUT2D eigenvalue weighted by atomic mass is 9.73. The number of nitrogens with zero attached hydrogens (tertiary/aromatic N) is 1. The second kappa shape index (κ2) is 9.47. The molecule has 1 aliphatic rings. The van der Waals surface area contributed by atoms with Crippen molar-refractivity contribution in [1.29, 1.82) is 0 Å². The second-order valence-electron chi connectivity index (χ2n) is 7.04. The number of nitrogens with two attached hydrogens (primary N) is 1. The molecule has 1 aromatic rings. The number of methoxy groups -OCH3 is 1. The number of primary amides is 1. The number of hydrogen-bond acceptors (Lipinski definition) is 4. The SMILES string of the molecule is COCCCC[C@@](O)(c1ccccc1OC(F)(F)F)[C@@H]1CCCN(C(N)=O)C1. The van der Waals surface area contributed by atoms with E-state index in [4.69, 9.17) is 10.5 Å². The molecule has 1 heterocycles. The first kappa shape index (κ1) is 22.3. The number of amides is 2. The summed E-state index contributed by atoms with van der Waals surface area (Å²) in [5, 5.41) is 11.6. The summed E-state index contributed by atoms with van der Waals surface area (Å²) in [6.07, 6.45) is -2.31. The summed E-state index contributed by atoms with van der Waals surface area (Å²) in [5.41, 5.74) is 3.86. The van der Waals surface area contributed by atoms with E-state index in [1.165, 1.54) is 23.1 Å². The number of carbonyl (C=O) groups is 1. The Morgan fingerprint density at radius 2 is 2.04 bits per heavy atom. The molecule has 2 rings (SSSR count). The van der Waals surface area contributed by atoms with Crippen molar-refractivity contribution in [2.75, 3.05) is 26.8 Å². The van der Waals surface area contributed by atoms with Crippen molar-refractivity contribution in [3.63, 3.8) is 0 Å². The zero-order chi connectivity index (χ0) is 20.8. The van der Waals surface area contributed by atoms with Gasteiger partial charge >= 0.3 is 12.4 Å². The number of piperidine rings is 1. The predicted octanol–water partition coefficient (Wildman–Crippen LogP) is 3.38. The van der Waals surface area contributed by atoms with E-state index in [9.17, 15) is 23.1 Å². The molecule has 0 bridgehead atoms. The lowest BCUT2D eigenvalue weighted by Crippen LogP contribution is -2.49. The first-order chi connectivity index (χ1) is 13.2. The van der Waals surface area contributed by atoms with E-state index in [-0.39, 0.29) is 18.5 Å². The number of urea groups is 1. The van der Waals surface area contributed by atoms with Gasteiger partial charge in [0.05, 0.1) is 5.60 Å². The van der Waals surface area contributed by atoms with E-state index in [0.29, 0.717) is 38.8 Å². The lowest BCUT2D eigenvalue weighted by molar-refractivity contribution is -0.275. The highest BCUT2D eigenvalue weighted by molar-refractivity contribution is 5.72. The number of likely N-dealkylation sites (tertiary alicyclic amines) is 1. The van der Waals surface area contributed by atoms with Gasteiger partial charge in [-0.3, -0.25) is 0 Å². The average Bonchev–Trinajstić information content (AvgIpc) is 2.64. The van der Waals surface area contributed by atoms with Crippen LogP contribution in [0.1, 0.15) is 37.7 Å². The molecule has 0 radical (unpaired) electrons. The minimum atomic E-state index is -4.88. The number of hydrogen-bond donors (Lipinski definition) is 2. The lowest BCUT2D eigenvalue weighted by Gasteiger charge is -2.43. The van der Waals surface area contributed by atoms with Crippen LogP contribution >= 0.6 is 0 Å². The van der Waals surface area contributed by atoms with E-state index in [2.05, 4.69) is 4.74 Å². The maximum Gasteiger partial charge on any atom is 0.573 e. The van der Waals surface area contributed by atoms with Crippen molar-refractivity contribution in [2.24, 2.45) is 11.7 Å². The van der Waals surface area contributed by atoms with Crippen LogP contribution in [0.4, 0.5) is 18.0 Å². The van der Waals surface area contributed by atoms with Crippen LogP contribution in [0, 0.1) is 5.92 Å². The fraction of sp³-hybridized carbons (Fsp3) is 0.632. The molecule has 2 amide bonds. The predicted molar refractivity (Wildman–Crippen MR) is 96.6 cm³/mol. The number of rotatable bonds is 8. The maximum absolute atomic E-state index is 12.9. The fourth-order valence-corrected chi connectivity index (χ4v) is 3.80. The zero-order valence-electron chi connectivity index (χ0n) is 15.9. The summed E-state index contributed by atoms with van der Waals surface area (Å²) in [6, 6.07) is 5.02. The standard InChI is InChI=1S/C19H27F3N2O4/c1-27-12-5-4-10-18(26,14-7-6-11-24(13-14)17(23)25)15-8-2-3-9-16(15)28-19(20,21)22/h2-3,8-9,14,26H,4-7,10-13H2,1H3,(H2,23,25)/t14-,18+/m1/s1. The van der Waals surface area contributed by atoms with Crippen molar-refractivity contribution in [2.45, 2.75) is 44.1 Å². The zero-order valence-corrected chi connectivity index (χ0v) is 15.9. The first-order valence-corrected chi connectivity index (χ1v) is 9.28. The summed E-state index contributed by atoms with van der Waals surface area (Å²) < 4.78 is 47.8. The van der Waals surface area contributed by atoms with Gasteiger partial charge in [0.2, 0.25) is 0 Å². The number of ether oxygens (including phenoxy) is 2. The molecule has 0 aromatic heterocycles. The van der Waals surface area contributed by atoms with Crippen LogP contribution in [0.15, 0.2) is 24.3 Å². The number of unbranched alkanes of at least 4 members (excludes halogenated alkanes) is 1. The first-order valence-electron chi connectivity index (χ1n) is 9.28. The molecule has 1 aromatic carbocycles.